The molecule has 2 rings (SSSR count). The first-order valence-corrected chi connectivity index (χ1v) is 6.35. The Balaban J connectivity index is 2.21. The van der Waals surface area contributed by atoms with E-state index in [4.69, 9.17) is 10.6 Å². The number of carbonyl (C=O) groups is 1. The van der Waals surface area contributed by atoms with Gasteiger partial charge in [-0.25, -0.2) is 0 Å². The second kappa shape index (κ2) is 5.53. The summed E-state index contributed by atoms with van der Waals surface area (Å²) in [7, 11) is 0. The van der Waals surface area contributed by atoms with Gasteiger partial charge in [-0.2, -0.15) is 11.3 Å². The normalized spacial score (nSPS) is 12.0. The molecule has 0 amide bonds. The van der Waals surface area contributed by atoms with E-state index in [1.54, 1.807) is 11.3 Å². The van der Waals surface area contributed by atoms with Gasteiger partial charge >= 0.3 is 5.97 Å². The van der Waals surface area contributed by atoms with Crippen molar-refractivity contribution in [1.82, 2.24) is 0 Å². The van der Waals surface area contributed by atoms with Crippen LogP contribution < -0.4 is 0 Å². The van der Waals surface area contributed by atoms with Crippen LogP contribution in [0.25, 0.3) is 21.6 Å². The van der Waals surface area contributed by atoms with E-state index in [0.29, 0.717) is 6.42 Å². The van der Waals surface area contributed by atoms with Crippen LogP contribution in [0.15, 0.2) is 34.1 Å². The van der Waals surface area contributed by atoms with Crippen molar-refractivity contribution in [2.75, 3.05) is 0 Å². The molecule has 0 bridgehead atoms. The van der Waals surface area contributed by atoms with Gasteiger partial charge in [0.25, 0.3) is 0 Å². The fourth-order valence-electron chi connectivity index (χ4n) is 1.94. The third-order valence-corrected chi connectivity index (χ3v) is 3.39. The first-order chi connectivity index (χ1) is 8.70. The Morgan fingerprint density at radius 1 is 1.50 bits per heavy atom. The SMILES string of the molecule is [N-]=[N+]=N[C@@H](CC(=O)O)Cc1ccc2csccc1-2. The van der Waals surface area contributed by atoms with Crippen LogP contribution in [0.4, 0.5) is 0 Å². The quantitative estimate of drug-likeness (QED) is 0.507. The third kappa shape index (κ3) is 2.80. The summed E-state index contributed by atoms with van der Waals surface area (Å²) in [4.78, 5) is 13.4. The number of rotatable bonds is 5. The van der Waals surface area contributed by atoms with E-state index < -0.39 is 12.0 Å². The molecule has 0 saturated heterocycles. The van der Waals surface area contributed by atoms with Crippen LogP contribution >= 0.6 is 11.3 Å². The Kier molecular flexibility index (Phi) is 3.82. The van der Waals surface area contributed by atoms with Crippen molar-refractivity contribution in [1.29, 1.82) is 0 Å². The van der Waals surface area contributed by atoms with Crippen LogP contribution in [0, 0.1) is 0 Å². The van der Waals surface area contributed by atoms with Gasteiger partial charge in [0, 0.05) is 4.91 Å². The van der Waals surface area contributed by atoms with Gasteiger partial charge < -0.3 is 5.11 Å². The van der Waals surface area contributed by atoms with Crippen molar-refractivity contribution >= 4 is 17.3 Å². The largest absolute Gasteiger partial charge is 0.481 e. The highest BCUT2D eigenvalue weighted by Gasteiger charge is 2.16. The van der Waals surface area contributed by atoms with Crippen LogP contribution in [-0.2, 0) is 11.2 Å². The van der Waals surface area contributed by atoms with Crippen LogP contribution in [0.2, 0.25) is 0 Å². The monoisotopic (exact) mass is 261 g/mol. The molecule has 1 heterocycles. The topological polar surface area (TPSA) is 86.1 Å². The standard InChI is InChI=1S/C12H11N3O2S/c13-15-14-10(6-12(16)17)5-8-1-2-9-7-18-4-3-11(8)9/h1-4,7,10H,5-6H2,(H,16,17)/t10-/m1/s1. The van der Waals surface area contributed by atoms with Crippen molar-refractivity contribution in [3.05, 3.63) is 45.0 Å². The predicted octanol–water partition coefficient (Wildman–Crippen LogP) is 3.55. The van der Waals surface area contributed by atoms with E-state index in [2.05, 4.69) is 10.0 Å². The molecular formula is C12H11N3O2S. The summed E-state index contributed by atoms with van der Waals surface area (Å²) in [6.07, 6.45) is 0.306. The van der Waals surface area contributed by atoms with Crippen LogP contribution in [0.3, 0.4) is 0 Å². The second-order valence-corrected chi connectivity index (χ2v) is 4.73. The molecule has 1 N–H and O–H groups in total. The summed E-state index contributed by atoms with van der Waals surface area (Å²) in [5, 5.41) is 16.3. The number of carboxylic acids is 1. The first kappa shape index (κ1) is 12.4. The molecule has 0 spiro atoms. The molecule has 1 aliphatic heterocycles. The van der Waals surface area contributed by atoms with Crippen LogP contribution in [0.1, 0.15) is 12.0 Å². The van der Waals surface area contributed by atoms with E-state index in [0.717, 1.165) is 16.7 Å². The van der Waals surface area contributed by atoms with E-state index in [9.17, 15) is 4.79 Å². The van der Waals surface area contributed by atoms with Crippen molar-refractivity contribution < 1.29 is 9.90 Å². The molecule has 0 saturated carbocycles. The molecule has 5 nitrogen and oxygen atoms in total. The summed E-state index contributed by atoms with van der Waals surface area (Å²) >= 11 is 1.61. The Bertz CT molecular complexity index is 575. The van der Waals surface area contributed by atoms with Gasteiger partial charge in [-0.3, -0.25) is 4.79 Å². The summed E-state index contributed by atoms with van der Waals surface area (Å²) in [6, 6.07) is 5.42. The molecule has 2 aliphatic rings. The summed E-state index contributed by atoms with van der Waals surface area (Å²) < 4.78 is 0. The van der Waals surface area contributed by atoms with E-state index in [1.807, 2.05) is 29.0 Å². The van der Waals surface area contributed by atoms with E-state index >= 15 is 0 Å². The molecule has 0 aromatic carbocycles. The van der Waals surface area contributed by atoms with Gasteiger partial charge in [-0.05, 0) is 45.5 Å². The molecule has 0 aromatic rings. The van der Waals surface area contributed by atoms with Crippen LogP contribution in [-0.4, -0.2) is 17.1 Å². The molecular weight excluding hydrogens is 250 g/mol. The van der Waals surface area contributed by atoms with Crippen molar-refractivity contribution in [3.8, 4) is 11.1 Å². The number of hydrogen-bond donors (Lipinski definition) is 1. The highest BCUT2D eigenvalue weighted by atomic mass is 32.1. The minimum absolute atomic E-state index is 0.147. The second-order valence-electron chi connectivity index (χ2n) is 3.94. The number of carboxylic acid groups (broad SMARTS) is 1. The van der Waals surface area contributed by atoms with Gasteiger partial charge in [0.05, 0.1) is 12.5 Å². The molecule has 0 radical (unpaired) electrons. The molecule has 1 aliphatic carbocycles. The zero-order valence-electron chi connectivity index (χ0n) is 9.48. The van der Waals surface area contributed by atoms with Crippen molar-refractivity contribution in [2.24, 2.45) is 5.11 Å². The molecule has 0 unspecified atom stereocenters. The molecule has 18 heavy (non-hydrogen) atoms. The molecule has 0 aromatic heterocycles. The molecule has 92 valence electrons. The average Bonchev–Trinajstić information content (AvgIpc) is 2.72. The lowest BCUT2D eigenvalue weighted by molar-refractivity contribution is -0.137. The first-order valence-electron chi connectivity index (χ1n) is 5.40. The van der Waals surface area contributed by atoms with E-state index in [1.165, 1.54) is 0 Å². The minimum atomic E-state index is -0.953. The molecule has 0 fully saturated rings. The Morgan fingerprint density at radius 3 is 3.06 bits per heavy atom. The fourth-order valence-corrected chi connectivity index (χ4v) is 2.59. The smallest absolute Gasteiger partial charge is 0.303 e. The Hall–Kier alpha value is -2.04. The van der Waals surface area contributed by atoms with Gasteiger partial charge in [0.1, 0.15) is 0 Å². The predicted molar refractivity (Wildman–Crippen MR) is 69.8 cm³/mol. The summed E-state index contributed by atoms with van der Waals surface area (Å²) in [5.41, 5.74) is 11.7. The highest BCUT2D eigenvalue weighted by Crippen LogP contribution is 2.30. The maximum absolute atomic E-state index is 10.7. The number of azide groups is 1. The maximum Gasteiger partial charge on any atom is 0.303 e. The van der Waals surface area contributed by atoms with E-state index in [-0.39, 0.29) is 6.42 Å². The molecule has 6 heteroatoms. The van der Waals surface area contributed by atoms with Gasteiger partial charge in [-0.15, -0.1) is 0 Å². The van der Waals surface area contributed by atoms with Gasteiger partial charge in [0.2, 0.25) is 0 Å². The number of fused-ring (bicyclic) bond motifs is 1. The third-order valence-electron chi connectivity index (χ3n) is 2.71. The number of hydrogen-bond acceptors (Lipinski definition) is 3. The summed E-state index contributed by atoms with van der Waals surface area (Å²) in [6.45, 7) is 0. The number of aliphatic carboxylic acids is 1. The lowest BCUT2D eigenvalue weighted by atomic mass is 10.0. The number of nitrogens with zero attached hydrogens (tertiary/aromatic N) is 3. The fraction of sp³-hybridized carbons (Fsp3) is 0.250. The van der Waals surface area contributed by atoms with Gasteiger partial charge in [-0.1, -0.05) is 17.2 Å². The minimum Gasteiger partial charge on any atom is -0.481 e. The summed E-state index contributed by atoms with van der Waals surface area (Å²) in [5.74, 6) is -0.953. The maximum atomic E-state index is 10.7. The lowest BCUT2D eigenvalue weighted by Crippen LogP contribution is -2.13. The lowest BCUT2D eigenvalue weighted by Gasteiger charge is -2.09. The average molecular weight is 261 g/mol. The molecule has 1 atom stereocenters. The Morgan fingerprint density at radius 2 is 2.33 bits per heavy atom. The van der Waals surface area contributed by atoms with Crippen molar-refractivity contribution in [2.45, 2.75) is 18.9 Å². The van der Waals surface area contributed by atoms with Crippen LogP contribution in [0.5, 0.6) is 0 Å². The zero-order valence-corrected chi connectivity index (χ0v) is 10.3. The van der Waals surface area contributed by atoms with Gasteiger partial charge in [0.15, 0.2) is 0 Å². The highest BCUT2D eigenvalue weighted by molar-refractivity contribution is 7.07. The zero-order chi connectivity index (χ0) is 13.0. The van der Waals surface area contributed by atoms with Crippen molar-refractivity contribution in [3.63, 3.8) is 0 Å². The Labute approximate surface area is 108 Å².